The van der Waals surface area contributed by atoms with Crippen LogP contribution in [0.3, 0.4) is 0 Å². The lowest BCUT2D eigenvalue weighted by Gasteiger charge is -2.24. The summed E-state index contributed by atoms with van der Waals surface area (Å²) in [6, 6.07) is 15.2. The summed E-state index contributed by atoms with van der Waals surface area (Å²) >= 11 is 0. The van der Waals surface area contributed by atoms with Crippen LogP contribution < -0.4 is 4.74 Å². The van der Waals surface area contributed by atoms with Gasteiger partial charge in [0.1, 0.15) is 11.6 Å². The third kappa shape index (κ3) is 4.48. The molecular weight excluding hydrogens is 358 g/mol. The molecule has 2 aromatic carbocycles. The lowest BCUT2D eigenvalue weighted by Crippen LogP contribution is -2.26. The van der Waals surface area contributed by atoms with Crippen LogP contribution in [0.2, 0.25) is 0 Å². The Kier molecular flexibility index (Phi) is 6.19. The van der Waals surface area contributed by atoms with Gasteiger partial charge in [0.25, 0.3) is 0 Å². The normalized spacial score (nSPS) is 15.8. The molecule has 3 aromatic rings. The van der Waals surface area contributed by atoms with Crippen molar-refractivity contribution in [1.29, 1.82) is 0 Å². The number of unbranched alkanes of at least 4 members (excludes halogenated alkanes) is 1. The van der Waals surface area contributed by atoms with Crippen LogP contribution in [0.1, 0.15) is 55.6 Å². The summed E-state index contributed by atoms with van der Waals surface area (Å²) in [4.78, 5) is 7.58. The minimum Gasteiger partial charge on any atom is -0.494 e. The zero-order valence-electron chi connectivity index (χ0n) is 18.0. The zero-order valence-corrected chi connectivity index (χ0v) is 18.0. The van der Waals surface area contributed by atoms with Crippen LogP contribution in [0.15, 0.2) is 42.5 Å². The third-order valence-electron chi connectivity index (χ3n) is 6.27. The van der Waals surface area contributed by atoms with Gasteiger partial charge in [0.15, 0.2) is 0 Å². The van der Waals surface area contributed by atoms with Gasteiger partial charge in [-0.1, -0.05) is 18.2 Å². The van der Waals surface area contributed by atoms with Crippen LogP contribution in [-0.4, -0.2) is 34.1 Å². The van der Waals surface area contributed by atoms with Crippen molar-refractivity contribution in [2.24, 2.45) is 0 Å². The predicted octanol–water partition coefficient (Wildman–Crippen LogP) is 5.67. The molecule has 154 valence electrons. The zero-order chi connectivity index (χ0) is 20.2. The summed E-state index contributed by atoms with van der Waals surface area (Å²) in [5.74, 6) is 2.19. The first-order chi connectivity index (χ1) is 14.1. The highest BCUT2D eigenvalue weighted by Gasteiger charge is 2.24. The molecular formula is C25H33N3O. The molecule has 0 amide bonds. The number of ether oxygens (including phenoxy) is 1. The molecule has 1 saturated heterocycles. The van der Waals surface area contributed by atoms with Gasteiger partial charge in [0.2, 0.25) is 0 Å². The van der Waals surface area contributed by atoms with Crippen LogP contribution >= 0.6 is 0 Å². The van der Waals surface area contributed by atoms with Gasteiger partial charge in [0, 0.05) is 6.54 Å². The minimum absolute atomic E-state index is 0.372. The largest absolute Gasteiger partial charge is 0.494 e. The molecule has 29 heavy (non-hydrogen) atoms. The lowest BCUT2D eigenvalue weighted by atomic mass is 10.1. The summed E-state index contributed by atoms with van der Waals surface area (Å²) < 4.78 is 8.41. The third-order valence-corrected chi connectivity index (χ3v) is 6.27. The molecule has 4 heteroatoms. The Labute approximate surface area is 174 Å². The number of aryl methyl sites for hydroxylation is 3. The van der Waals surface area contributed by atoms with Crippen LogP contribution in [0.25, 0.3) is 11.0 Å². The van der Waals surface area contributed by atoms with E-state index in [1.165, 1.54) is 48.4 Å². The molecule has 0 bridgehead atoms. The fourth-order valence-electron chi connectivity index (χ4n) is 4.31. The number of rotatable bonds is 8. The van der Waals surface area contributed by atoms with E-state index in [9.17, 15) is 0 Å². The van der Waals surface area contributed by atoms with Crippen LogP contribution in [0.4, 0.5) is 0 Å². The van der Waals surface area contributed by atoms with Crippen molar-refractivity contribution in [1.82, 2.24) is 14.5 Å². The molecule has 4 nitrogen and oxygen atoms in total. The van der Waals surface area contributed by atoms with Crippen molar-refractivity contribution in [3.8, 4) is 5.75 Å². The Morgan fingerprint density at radius 2 is 1.79 bits per heavy atom. The second-order valence-corrected chi connectivity index (χ2v) is 8.33. The molecule has 2 heterocycles. The Hall–Kier alpha value is -2.33. The Morgan fingerprint density at radius 3 is 2.59 bits per heavy atom. The fraction of sp³-hybridized carbons (Fsp3) is 0.480. The van der Waals surface area contributed by atoms with Crippen molar-refractivity contribution >= 4 is 11.0 Å². The number of likely N-dealkylation sites (tertiary alicyclic amines) is 1. The Bertz CT molecular complexity index is 956. The summed E-state index contributed by atoms with van der Waals surface area (Å²) in [7, 11) is 0. The van der Waals surface area contributed by atoms with E-state index in [2.05, 4.69) is 72.7 Å². The van der Waals surface area contributed by atoms with Gasteiger partial charge in [-0.15, -0.1) is 0 Å². The molecule has 0 saturated carbocycles. The molecule has 1 atom stereocenters. The van der Waals surface area contributed by atoms with Crippen molar-refractivity contribution < 1.29 is 4.74 Å². The molecule has 1 aromatic heterocycles. The van der Waals surface area contributed by atoms with E-state index >= 15 is 0 Å². The van der Waals surface area contributed by atoms with E-state index in [0.717, 1.165) is 37.3 Å². The standard InChI is InChI=1S/C25H33N3O/c1-19-12-13-22(18-20(19)2)29-17-9-8-16-28-24-11-5-4-10-23(24)26-25(28)21(3)27-14-6-7-15-27/h4-5,10-13,18,21H,6-9,14-17H2,1-3H3. The average Bonchev–Trinajstić information content (AvgIpc) is 3.38. The molecule has 1 unspecified atom stereocenters. The quantitative estimate of drug-likeness (QED) is 0.464. The van der Waals surface area contributed by atoms with Gasteiger partial charge in [0.05, 0.1) is 23.7 Å². The van der Waals surface area contributed by atoms with Crippen molar-refractivity contribution in [2.75, 3.05) is 19.7 Å². The first-order valence-electron chi connectivity index (χ1n) is 11.0. The number of nitrogens with zero attached hydrogens (tertiary/aromatic N) is 3. The van der Waals surface area contributed by atoms with E-state index in [0.29, 0.717) is 6.04 Å². The molecule has 0 N–H and O–H groups in total. The van der Waals surface area contributed by atoms with Crippen molar-refractivity contribution in [3.05, 3.63) is 59.4 Å². The highest BCUT2D eigenvalue weighted by molar-refractivity contribution is 5.76. The lowest BCUT2D eigenvalue weighted by molar-refractivity contribution is 0.247. The first kappa shape index (κ1) is 20.0. The summed E-state index contributed by atoms with van der Waals surface area (Å²) in [5, 5.41) is 0. The predicted molar refractivity (Wildman–Crippen MR) is 120 cm³/mol. The van der Waals surface area contributed by atoms with Crippen LogP contribution in [0.5, 0.6) is 5.75 Å². The van der Waals surface area contributed by atoms with Crippen molar-refractivity contribution in [3.63, 3.8) is 0 Å². The molecule has 1 aliphatic rings. The highest BCUT2D eigenvalue weighted by Crippen LogP contribution is 2.28. The van der Waals surface area contributed by atoms with E-state index in [1.54, 1.807) is 0 Å². The Morgan fingerprint density at radius 1 is 1.00 bits per heavy atom. The molecule has 4 rings (SSSR count). The van der Waals surface area contributed by atoms with Gasteiger partial charge in [-0.05, 0) is 94.9 Å². The highest BCUT2D eigenvalue weighted by atomic mass is 16.5. The maximum absolute atomic E-state index is 5.97. The second-order valence-electron chi connectivity index (χ2n) is 8.33. The van der Waals surface area contributed by atoms with Gasteiger partial charge < -0.3 is 9.30 Å². The van der Waals surface area contributed by atoms with Gasteiger partial charge in [-0.2, -0.15) is 0 Å². The summed E-state index contributed by atoms with van der Waals surface area (Å²) in [6.07, 6.45) is 4.74. The maximum Gasteiger partial charge on any atom is 0.127 e. The van der Waals surface area contributed by atoms with E-state index in [1.807, 2.05) is 0 Å². The Balaban J connectivity index is 1.40. The molecule has 1 aliphatic heterocycles. The van der Waals surface area contributed by atoms with E-state index < -0.39 is 0 Å². The van der Waals surface area contributed by atoms with E-state index in [4.69, 9.17) is 9.72 Å². The fourth-order valence-corrected chi connectivity index (χ4v) is 4.31. The van der Waals surface area contributed by atoms with E-state index in [-0.39, 0.29) is 0 Å². The molecule has 0 radical (unpaired) electrons. The average molecular weight is 392 g/mol. The summed E-state index contributed by atoms with van der Waals surface area (Å²) in [5.41, 5.74) is 4.96. The number of hydrogen-bond acceptors (Lipinski definition) is 3. The number of imidazole rings is 1. The number of benzene rings is 2. The molecule has 0 aliphatic carbocycles. The first-order valence-corrected chi connectivity index (χ1v) is 11.0. The number of fused-ring (bicyclic) bond motifs is 1. The SMILES string of the molecule is Cc1ccc(OCCCCn2c(C(C)N3CCCC3)nc3ccccc32)cc1C. The van der Waals surface area contributed by atoms with Gasteiger partial charge >= 0.3 is 0 Å². The smallest absolute Gasteiger partial charge is 0.127 e. The van der Waals surface area contributed by atoms with Crippen molar-refractivity contribution in [2.45, 2.75) is 59.0 Å². The number of hydrogen-bond donors (Lipinski definition) is 0. The summed E-state index contributed by atoms with van der Waals surface area (Å²) in [6.45, 7) is 10.7. The second kappa shape index (κ2) is 9.00. The molecule has 0 spiro atoms. The van der Waals surface area contributed by atoms with Gasteiger partial charge in [-0.25, -0.2) is 4.98 Å². The maximum atomic E-state index is 5.97. The van der Waals surface area contributed by atoms with Crippen LogP contribution in [-0.2, 0) is 6.54 Å². The van der Waals surface area contributed by atoms with Crippen LogP contribution in [0, 0.1) is 13.8 Å². The molecule has 1 fully saturated rings. The topological polar surface area (TPSA) is 30.3 Å². The van der Waals surface area contributed by atoms with Gasteiger partial charge in [-0.3, -0.25) is 4.90 Å². The minimum atomic E-state index is 0.372. The number of aromatic nitrogens is 2. The monoisotopic (exact) mass is 391 g/mol. The number of para-hydroxylation sites is 2.